The normalized spacial score (nSPS) is 10.6. The van der Waals surface area contributed by atoms with E-state index in [9.17, 15) is 4.39 Å². The number of benzene rings is 1. The predicted molar refractivity (Wildman–Crippen MR) is 59.1 cm³/mol. The van der Waals surface area contributed by atoms with Gasteiger partial charge in [-0.15, -0.1) is 0 Å². The minimum Gasteiger partial charge on any atom is -0.326 e. The van der Waals surface area contributed by atoms with Crippen molar-refractivity contribution in [3.05, 3.63) is 46.4 Å². The molecule has 0 radical (unpaired) electrons. The summed E-state index contributed by atoms with van der Waals surface area (Å²) in [6.07, 6.45) is 3.47. The first-order valence-electron chi connectivity index (χ1n) is 4.40. The molecule has 78 valence electrons. The van der Waals surface area contributed by atoms with E-state index in [1.807, 2.05) is 0 Å². The number of nitrogens with two attached hydrogens (primary N) is 1. The molecule has 0 spiro atoms. The third-order valence-electron chi connectivity index (χ3n) is 2.06. The van der Waals surface area contributed by atoms with E-state index in [1.54, 1.807) is 23.1 Å². The number of halogens is 2. The Morgan fingerprint density at radius 3 is 2.87 bits per heavy atom. The molecular weight excluding hydrogens is 261 g/mol. The average molecular weight is 270 g/mol. The second-order valence-corrected chi connectivity index (χ2v) is 4.00. The first-order valence-corrected chi connectivity index (χ1v) is 5.19. The highest BCUT2D eigenvalue weighted by Gasteiger charge is 2.05. The van der Waals surface area contributed by atoms with E-state index in [2.05, 4.69) is 21.0 Å². The Morgan fingerprint density at radius 1 is 1.47 bits per heavy atom. The van der Waals surface area contributed by atoms with E-state index in [0.717, 1.165) is 15.7 Å². The maximum absolute atomic E-state index is 13.0. The Labute approximate surface area is 94.8 Å². The van der Waals surface area contributed by atoms with Crippen LogP contribution in [0.3, 0.4) is 0 Å². The predicted octanol–water partition coefficient (Wildman–Crippen LogP) is 2.23. The van der Waals surface area contributed by atoms with Gasteiger partial charge in [-0.3, -0.25) is 0 Å². The van der Waals surface area contributed by atoms with Gasteiger partial charge < -0.3 is 5.73 Å². The Kier molecular flexibility index (Phi) is 2.83. The van der Waals surface area contributed by atoms with Crippen LogP contribution >= 0.6 is 15.9 Å². The van der Waals surface area contributed by atoms with Crippen molar-refractivity contribution in [2.75, 3.05) is 0 Å². The van der Waals surface area contributed by atoms with Crippen molar-refractivity contribution in [1.29, 1.82) is 0 Å². The van der Waals surface area contributed by atoms with Crippen molar-refractivity contribution in [2.45, 2.75) is 6.54 Å². The number of rotatable bonds is 2. The summed E-state index contributed by atoms with van der Waals surface area (Å²) in [5.74, 6) is -0.287. The van der Waals surface area contributed by atoms with Crippen molar-refractivity contribution in [3.63, 3.8) is 0 Å². The van der Waals surface area contributed by atoms with Crippen LogP contribution in [0.25, 0.3) is 5.69 Å². The quantitative estimate of drug-likeness (QED) is 0.909. The lowest BCUT2D eigenvalue weighted by Crippen LogP contribution is -2.05. The molecule has 0 amide bonds. The highest BCUT2D eigenvalue weighted by atomic mass is 79.9. The Morgan fingerprint density at radius 2 is 2.27 bits per heavy atom. The van der Waals surface area contributed by atoms with Crippen LogP contribution in [-0.2, 0) is 6.54 Å². The third-order valence-corrected chi connectivity index (χ3v) is 2.47. The lowest BCUT2D eigenvalue weighted by atomic mass is 10.2. The summed E-state index contributed by atoms with van der Waals surface area (Å²) < 4.78 is 15.5. The fourth-order valence-electron chi connectivity index (χ4n) is 1.37. The molecule has 3 nitrogen and oxygen atoms in total. The van der Waals surface area contributed by atoms with Crippen molar-refractivity contribution in [3.8, 4) is 5.69 Å². The minimum absolute atomic E-state index is 0.282. The van der Waals surface area contributed by atoms with E-state index in [1.165, 1.54) is 12.1 Å². The SMILES string of the molecule is NCc1cc(F)ccc1-n1cc(Br)cn1. The molecule has 1 heterocycles. The maximum Gasteiger partial charge on any atom is 0.123 e. The van der Waals surface area contributed by atoms with Gasteiger partial charge in [-0.05, 0) is 39.7 Å². The minimum atomic E-state index is -0.287. The molecule has 0 aliphatic heterocycles. The van der Waals surface area contributed by atoms with Gasteiger partial charge in [0.2, 0.25) is 0 Å². The average Bonchev–Trinajstić information content (AvgIpc) is 2.64. The second-order valence-electron chi connectivity index (χ2n) is 3.08. The highest BCUT2D eigenvalue weighted by Crippen LogP contribution is 2.17. The summed E-state index contributed by atoms with van der Waals surface area (Å²) in [6, 6.07) is 4.48. The summed E-state index contributed by atoms with van der Waals surface area (Å²) in [6.45, 7) is 0.282. The Hall–Kier alpha value is -1.20. The van der Waals surface area contributed by atoms with Gasteiger partial charge >= 0.3 is 0 Å². The van der Waals surface area contributed by atoms with Gasteiger partial charge in [-0.1, -0.05) is 0 Å². The zero-order valence-electron chi connectivity index (χ0n) is 7.82. The fourth-order valence-corrected chi connectivity index (χ4v) is 1.66. The Balaban J connectivity index is 2.52. The van der Waals surface area contributed by atoms with Gasteiger partial charge in [0.1, 0.15) is 5.82 Å². The third kappa shape index (κ3) is 2.08. The highest BCUT2D eigenvalue weighted by molar-refractivity contribution is 9.10. The van der Waals surface area contributed by atoms with E-state index < -0.39 is 0 Å². The van der Waals surface area contributed by atoms with Crippen LogP contribution in [0.2, 0.25) is 0 Å². The van der Waals surface area contributed by atoms with Crippen molar-refractivity contribution in [2.24, 2.45) is 5.73 Å². The van der Waals surface area contributed by atoms with Gasteiger partial charge in [0.15, 0.2) is 0 Å². The summed E-state index contributed by atoms with van der Waals surface area (Å²) in [7, 11) is 0. The monoisotopic (exact) mass is 269 g/mol. The molecule has 0 aliphatic rings. The number of hydrogen-bond donors (Lipinski definition) is 1. The summed E-state index contributed by atoms with van der Waals surface area (Å²) >= 11 is 3.30. The van der Waals surface area contributed by atoms with Gasteiger partial charge in [0.05, 0.1) is 16.4 Å². The Bertz CT molecular complexity index is 481. The van der Waals surface area contributed by atoms with E-state index in [4.69, 9.17) is 5.73 Å². The van der Waals surface area contributed by atoms with Crippen LogP contribution in [0.1, 0.15) is 5.56 Å². The molecule has 0 unspecified atom stereocenters. The lowest BCUT2D eigenvalue weighted by molar-refractivity contribution is 0.624. The zero-order valence-corrected chi connectivity index (χ0v) is 9.41. The molecule has 0 fully saturated rings. The van der Waals surface area contributed by atoms with Crippen molar-refractivity contribution >= 4 is 15.9 Å². The largest absolute Gasteiger partial charge is 0.326 e. The van der Waals surface area contributed by atoms with Crippen LogP contribution in [0, 0.1) is 5.82 Å². The number of nitrogens with zero attached hydrogens (tertiary/aromatic N) is 2. The molecule has 15 heavy (non-hydrogen) atoms. The zero-order chi connectivity index (χ0) is 10.8. The lowest BCUT2D eigenvalue weighted by Gasteiger charge is -2.07. The maximum atomic E-state index is 13.0. The van der Waals surface area contributed by atoms with Gasteiger partial charge in [-0.25, -0.2) is 9.07 Å². The van der Waals surface area contributed by atoms with E-state index >= 15 is 0 Å². The van der Waals surface area contributed by atoms with Crippen LogP contribution < -0.4 is 5.73 Å². The van der Waals surface area contributed by atoms with Crippen molar-refractivity contribution in [1.82, 2.24) is 9.78 Å². The van der Waals surface area contributed by atoms with Gasteiger partial charge in [0, 0.05) is 12.7 Å². The second kappa shape index (κ2) is 4.12. The van der Waals surface area contributed by atoms with Gasteiger partial charge in [-0.2, -0.15) is 5.10 Å². The summed E-state index contributed by atoms with van der Waals surface area (Å²) in [5, 5.41) is 4.12. The topological polar surface area (TPSA) is 43.8 Å². The van der Waals surface area contributed by atoms with Crippen LogP contribution in [0.5, 0.6) is 0 Å². The smallest absolute Gasteiger partial charge is 0.123 e. The van der Waals surface area contributed by atoms with Gasteiger partial charge in [0.25, 0.3) is 0 Å². The first kappa shape index (κ1) is 10.3. The molecule has 2 aromatic rings. The number of hydrogen-bond acceptors (Lipinski definition) is 2. The first-order chi connectivity index (χ1) is 7.20. The van der Waals surface area contributed by atoms with Crippen LogP contribution in [-0.4, -0.2) is 9.78 Å². The molecule has 0 atom stereocenters. The summed E-state index contributed by atoms with van der Waals surface area (Å²) in [5.41, 5.74) is 7.07. The fraction of sp³-hybridized carbons (Fsp3) is 0.100. The molecule has 0 saturated carbocycles. The van der Waals surface area contributed by atoms with E-state index in [-0.39, 0.29) is 12.4 Å². The van der Waals surface area contributed by atoms with Crippen LogP contribution in [0.15, 0.2) is 35.1 Å². The molecule has 2 N–H and O–H groups in total. The molecule has 0 bridgehead atoms. The van der Waals surface area contributed by atoms with E-state index in [0.29, 0.717) is 0 Å². The summed E-state index contributed by atoms with van der Waals surface area (Å²) in [4.78, 5) is 0. The standard InChI is InChI=1S/C10H9BrFN3/c11-8-5-14-15(6-8)10-2-1-9(12)3-7(10)4-13/h1-3,5-6H,4,13H2. The van der Waals surface area contributed by atoms with Crippen LogP contribution in [0.4, 0.5) is 4.39 Å². The molecule has 1 aromatic carbocycles. The molecule has 1 aromatic heterocycles. The molecule has 2 rings (SSSR count). The van der Waals surface area contributed by atoms with Crippen molar-refractivity contribution < 1.29 is 4.39 Å². The molecule has 5 heteroatoms. The molecule has 0 aliphatic carbocycles. The molecule has 0 saturated heterocycles. The number of aromatic nitrogens is 2. The molecular formula is C10H9BrFN3.